The first-order valence-electron chi connectivity index (χ1n) is 5.64. The number of rotatable bonds is 2. The first-order chi connectivity index (χ1) is 9.86. The van der Waals surface area contributed by atoms with Gasteiger partial charge in [-0.2, -0.15) is 0 Å². The minimum Gasteiger partial charge on any atom is -0.397 e. The lowest BCUT2D eigenvalue weighted by molar-refractivity contribution is 0.262. The van der Waals surface area contributed by atoms with E-state index in [2.05, 4.69) is 10.6 Å². The molecule has 2 aromatic carbocycles. The van der Waals surface area contributed by atoms with Gasteiger partial charge in [0.2, 0.25) is 0 Å². The molecule has 2 rings (SSSR count). The molecule has 0 unspecified atom stereocenters. The number of carbonyl (C=O) groups excluding carboxylic acids is 1. The molecular formula is C13H9Cl2F2N3O. The van der Waals surface area contributed by atoms with Gasteiger partial charge in [0.15, 0.2) is 5.82 Å². The van der Waals surface area contributed by atoms with Crippen LogP contribution in [0.3, 0.4) is 0 Å². The normalized spacial score (nSPS) is 10.3. The van der Waals surface area contributed by atoms with Gasteiger partial charge in [-0.3, -0.25) is 0 Å². The molecular weight excluding hydrogens is 323 g/mol. The number of benzene rings is 2. The molecule has 2 amide bonds. The minimum absolute atomic E-state index is 0.236. The summed E-state index contributed by atoms with van der Waals surface area (Å²) in [5, 5.41) is 5.18. The zero-order valence-electron chi connectivity index (χ0n) is 10.4. The Morgan fingerprint density at radius 3 is 2.48 bits per heavy atom. The molecule has 4 nitrogen and oxygen atoms in total. The van der Waals surface area contributed by atoms with E-state index < -0.39 is 17.7 Å². The highest BCUT2D eigenvalue weighted by Gasteiger charge is 2.13. The van der Waals surface area contributed by atoms with E-state index in [1.54, 1.807) is 6.07 Å². The van der Waals surface area contributed by atoms with Crippen molar-refractivity contribution < 1.29 is 13.6 Å². The second kappa shape index (κ2) is 6.15. The van der Waals surface area contributed by atoms with E-state index in [1.807, 2.05) is 0 Å². The summed E-state index contributed by atoms with van der Waals surface area (Å²) in [4.78, 5) is 11.8. The number of urea groups is 1. The van der Waals surface area contributed by atoms with Crippen LogP contribution < -0.4 is 16.4 Å². The summed E-state index contributed by atoms with van der Waals surface area (Å²) in [7, 11) is 0. The molecule has 8 heteroatoms. The molecule has 4 N–H and O–H groups in total. The summed E-state index contributed by atoms with van der Waals surface area (Å²) in [6.07, 6.45) is 0. The molecule has 0 spiro atoms. The van der Waals surface area contributed by atoms with Gasteiger partial charge in [-0.05, 0) is 24.3 Å². The van der Waals surface area contributed by atoms with Gasteiger partial charge in [0.05, 0.1) is 16.4 Å². The third-order valence-electron chi connectivity index (χ3n) is 2.50. The second-order valence-corrected chi connectivity index (χ2v) is 4.90. The van der Waals surface area contributed by atoms with Crippen molar-refractivity contribution >= 4 is 46.3 Å². The predicted molar refractivity (Wildman–Crippen MR) is 79.9 cm³/mol. The fraction of sp³-hybridized carbons (Fsp3) is 0. The third kappa shape index (κ3) is 3.74. The molecule has 0 radical (unpaired) electrons. The average Bonchev–Trinajstić information content (AvgIpc) is 2.38. The number of carbonyl (C=O) groups is 1. The van der Waals surface area contributed by atoms with Crippen LogP contribution in [-0.4, -0.2) is 6.03 Å². The number of anilines is 3. The number of amides is 2. The molecule has 21 heavy (non-hydrogen) atoms. The van der Waals surface area contributed by atoms with Crippen molar-refractivity contribution in [2.24, 2.45) is 0 Å². The zero-order chi connectivity index (χ0) is 15.6. The first-order valence-corrected chi connectivity index (χ1v) is 6.40. The number of hydrogen-bond donors (Lipinski definition) is 3. The lowest BCUT2D eigenvalue weighted by atomic mass is 10.2. The summed E-state index contributed by atoms with van der Waals surface area (Å²) < 4.78 is 26.5. The van der Waals surface area contributed by atoms with E-state index in [-0.39, 0.29) is 22.1 Å². The molecule has 0 saturated heterocycles. The van der Waals surface area contributed by atoms with Crippen LogP contribution in [-0.2, 0) is 0 Å². The Morgan fingerprint density at radius 2 is 1.81 bits per heavy atom. The second-order valence-electron chi connectivity index (χ2n) is 4.06. The summed E-state index contributed by atoms with van der Waals surface area (Å²) in [5.41, 5.74) is 5.12. The number of nitrogens with two attached hydrogens (primary N) is 1. The van der Waals surface area contributed by atoms with Crippen molar-refractivity contribution in [2.75, 3.05) is 16.4 Å². The van der Waals surface area contributed by atoms with E-state index >= 15 is 0 Å². The van der Waals surface area contributed by atoms with Crippen LogP contribution in [0.4, 0.5) is 30.6 Å². The molecule has 110 valence electrons. The van der Waals surface area contributed by atoms with Crippen LogP contribution in [0.25, 0.3) is 0 Å². The summed E-state index contributed by atoms with van der Waals surface area (Å²) in [6.45, 7) is 0. The fourth-order valence-electron chi connectivity index (χ4n) is 1.59. The van der Waals surface area contributed by atoms with Gasteiger partial charge in [0, 0.05) is 11.1 Å². The zero-order valence-corrected chi connectivity index (χ0v) is 11.9. The maximum Gasteiger partial charge on any atom is 0.323 e. The Kier molecular flexibility index (Phi) is 4.50. The summed E-state index contributed by atoms with van der Waals surface area (Å²) >= 11 is 11.7. The van der Waals surface area contributed by atoms with Crippen LogP contribution in [0.1, 0.15) is 0 Å². The van der Waals surface area contributed by atoms with Crippen LogP contribution in [0.15, 0.2) is 30.3 Å². The Labute approximate surface area is 128 Å². The van der Waals surface area contributed by atoms with E-state index in [0.717, 1.165) is 6.07 Å². The molecule has 0 saturated carbocycles. The highest BCUT2D eigenvalue weighted by Crippen LogP contribution is 2.27. The topological polar surface area (TPSA) is 67.1 Å². The van der Waals surface area contributed by atoms with Crippen molar-refractivity contribution in [3.8, 4) is 0 Å². The summed E-state index contributed by atoms with van der Waals surface area (Å²) in [5.74, 6) is -1.83. The van der Waals surface area contributed by atoms with Gasteiger partial charge in [0.25, 0.3) is 0 Å². The smallest absolute Gasteiger partial charge is 0.323 e. The minimum atomic E-state index is -0.986. The lowest BCUT2D eigenvalue weighted by Crippen LogP contribution is -2.21. The van der Waals surface area contributed by atoms with E-state index in [0.29, 0.717) is 11.1 Å². The van der Waals surface area contributed by atoms with E-state index in [4.69, 9.17) is 28.9 Å². The van der Waals surface area contributed by atoms with Crippen molar-refractivity contribution in [3.05, 3.63) is 52.0 Å². The Morgan fingerprint density at radius 1 is 1.10 bits per heavy atom. The SMILES string of the molecule is Nc1cc(F)cc(F)c1NC(=O)Nc1cc(Cl)ccc1Cl. The van der Waals surface area contributed by atoms with Crippen LogP contribution in [0.5, 0.6) is 0 Å². The van der Waals surface area contributed by atoms with Gasteiger partial charge in [-0.25, -0.2) is 13.6 Å². The highest BCUT2D eigenvalue weighted by molar-refractivity contribution is 6.35. The predicted octanol–water partition coefficient (Wildman–Crippen LogP) is 4.50. The quantitative estimate of drug-likeness (QED) is 0.709. The molecule has 0 aromatic heterocycles. The largest absolute Gasteiger partial charge is 0.397 e. The Balaban J connectivity index is 2.17. The first kappa shape index (κ1) is 15.3. The van der Waals surface area contributed by atoms with Gasteiger partial charge in [0.1, 0.15) is 11.5 Å². The Hall–Kier alpha value is -2.05. The van der Waals surface area contributed by atoms with Gasteiger partial charge < -0.3 is 16.4 Å². The molecule has 0 fully saturated rings. The highest BCUT2D eigenvalue weighted by atomic mass is 35.5. The van der Waals surface area contributed by atoms with Gasteiger partial charge in [-0.15, -0.1) is 0 Å². The fourth-order valence-corrected chi connectivity index (χ4v) is 1.92. The molecule has 0 aliphatic heterocycles. The van der Waals surface area contributed by atoms with Crippen LogP contribution in [0.2, 0.25) is 10.0 Å². The number of nitrogens with one attached hydrogen (secondary N) is 2. The summed E-state index contributed by atoms with van der Waals surface area (Å²) in [6, 6.07) is 5.17. The van der Waals surface area contributed by atoms with Gasteiger partial charge >= 0.3 is 6.03 Å². The number of halogens is 4. The maximum absolute atomic E-state index is 13.5. The van der Waals surface area contributed by atoms with E-state index in [9.17, 15) is 13.6 Å². The van der Waals surface area contributed by atoms with Crippen molar-refractivity contribution in [1.29, 1.82) is 0 Å². The van der Waals surface area contributed by atoms with Crippen LogP contribution in [0, 0.1) is 11.6 Å². The standard InChI is InChI=1S/C13H9Cl2F2N3O/c14-6-1-2-8(15)11(3-6)19-13(21)20-12-9(17)4-7(16)5-10(12)18/h1-5H,18H2,(H2,19,20,21). The van der Waals surface area contributed by atoms with Crippen LogP contribution >= 0.6 is 23.2 Å². The Bertz CT molecular complexity index is 687. The molecule has 0 aliphatic carbocycles. The maximum atomic E-state index is 13.5. The molecule has 0 bridgehead atoms. The van der Waals surface area contributed by atoms with E-state index in [1.165, 1.54) is 12.1 Å². The van der Waals surface area contributed by atoms with Gasteiger partial charge in [-0.1, -0.05) is 23.2 Å². The monoisotopic (exact) mass is 331 g/mol. The number of nitrogen functional groups attached to an aromatic ring is 1. The molecule has 0 heterocycles. The lowest BCUT2D eigenvalue weighted by Gasteiger charge is -2.11. The average molecular weight is 332 g/mol. The molecule has 0 aliphatic rings. The van der Waals surface area contributed by atoms with Crippen molar-refractivity contribution in [2.45, 2.75) is 0 Å². The van der Waals surface area contributed by atoms with Crippen molar-refractivity contribution in [3.63, 3.8) is 0 Å². The molecule has 2 aromatic rings. The molecule has 0 atom stereocenters. The third-order valence-corrected chi connectivity index (χ3v) is 3.07. The number of hydrogen-bond acceptors (Lipinski definition) is 2. The van der Waals surface area contributed by atoms with Crippen molar-refractivity contribution in [1.82, 2.24) is 0 Å².